The van der Waals surface area contributed by atoms with Gasteiger partial charge in [-0.2, -0.15) is 4.80 Å². The first-order valence-electron chi connectivity index (χ1n) is 6.50. The lowest BCUT2D eigenvalue weighted by molar-refractivity contribution is -0.143. The number of benzene rings is 1. The van der Waals surface area contributed by atoms with Crippen LogP contribution in [0.15, 0.2) is 30.3 Å². The lowest BCUT2D eigenvalue weighted by Crippen LogP contribution is -2.33. The second kappa shape index (κ2) is 5.31. The van der Waals surface area contributed by atoms with Crippen molar-refractivity contribution in [3.05, 3.63) is 30.3 Å². The molecule has 1 fully saturated rings. The summed E-state index contributed by atoms with van der Waals surface area (Å²) in [4.78, 5) is 25.4. The third-order valence-corrected chi connectivity index (χ3v) is 3.33. The largest absolute Gasteiger partial charge is 0.480 e. The molecule has 2 aromatic rings. The molecular weight excluding hydrogens is 274 g/mol. The first kappa shape index (κ1) is 13.2. The molecule has 8 heteroatoms. The highest BCUT2D eigenvalue weighted by molar-refractivity contribution is 5.85. The summed E-state index contributed by atoms with van der Waals surface area (Å²) in [6.45, 7) is 0.0909. The number of carbonyl (C=O) groups is 2. The quantitative estimate of drug-likeness (QED) is 0.862. The normalized spacial score (nSPS) is 18.2. The molecule has 1 aliphatic rings. The number of carboxylic acid groups (broad SMARTS) is 1. The summed E-state index contributed by atoms with van der Waals surface area (Å²) in [6, 6.07) is 8.76. The molecule has 1 aliphatic heterocycles. The molecule has 1 aromatic carbocycles. The fourth-order valence-electron chi connectivity index (χ4n) is 2.32. The minimum absolute atomic E-state index is 0.283. The Morgan fingerprint density at radius 1 is 1.33 bits per heavy atom. The van der Waals surface area contributed by atoms with Gasteiger partial charge in [-0.25, -0.2) is 0 Å². The number of carboxylic acids is 1. The second-order valence-electron chi connectivity index (χ2n) is 4.76. The van der Waals surface area contributed by atoms with Gasteiger partial charge in [-0.05, 0) is 11.6 Å². The van der Waals surface area contributed by atoms with Crippen molar-refractivity contribution in [2.24, 2.45) is 0 Å². The molecule has 0 bridgehead atoms. The number of aromatic nitrogens is 4. The van der Waals surface area contributed by atoms with E-state index < -0.39 is 12.0 Å². The lowest BCUT2D eigenvalue weighted by atomic mass is 10.2. The number of rotatable bonds is 4. The van der Waals surface area contributed by atoms with Crippen molar-refractivity contribution in [3.63, 3.8) is 0 Å². The van der Waals surface area contributed by atoms with Crippen LogP contribution in [0.2, 0.25) is 0 Å². The Labute approximate surface area is 120 Å². The van der Waals surface area contributed by atoms with Crippen molar-refractivity contribution < 1.29 is 14.7 Å². The van der Waals surface area contributed by atoms with E-state index in [1.807, 2.05) is 30.3 Å². The Morgan fingerprint density at radius 2 is 2.10 bits per heavy atom. The molecule has 0 aliphatic carbocycles. The zero-order valence-electron chi connectivity index (χ0n) is 11.1. The van der Waals surface area contributed by atoms with Gasteiger partial charge in [0.2, 0.25) is 11.7 Å². The number of carbonyl (C=O) groups excluding carboxylic acids is 1. The van der Waals surface area contributed by atoms with E-state index >= 15 is 0 Å². The summed E-state index contributed by atoms with van der Waals surface area (Å²) in [7, 11) is 0. The van der Waals surface area contributed by atoms with E-state index in [1.54, 1.807) is 0 Å². The molecule has 3 rings (SSSR count). The predicted octanol–water partition coefficient (Wildman–Crippen LogP) is 0.198. The van der Waals surface area contributed by atoms with E-state index in [-0.39, 0.29) is 12.5 Å². The van der Waals surface area contributed by atoms with E-state index in [9.17, 15) is 9.59 Å². The molecule has 1 saturated heterocycles. The Balaban J connectivity index is 1.78. The molecule has 1 amide bonds. The summed E-state index contributed by atoms with van der Waals surface area (Å²) in [6.07, 6.45) is 0.483. The number of hydrogen-bond donors (Lipinski definition) is 1. The Bertz CT molecular complexity index is 669. The highest BCUT2D eigenvalue weighted by atomic mass is 16.4. The third-order valence-electron chi connectivity index (χ3n) is 3.33. The van der Waals surface area contributed by atoms with Crippen LogP contribution in [0.4, 0.5) is 0 Å². The molecule has 1 unspecified atom stereocenters. The molecule has 21 heavy (non-hydrogen) atoms. The SMILES string of the molecule is O=C(O)CN1CCC(n2nnc(-c3ccccc3)n2)C1=O. The summed E-state index contributed by atoms with van der Waals surface area (Å²) in [5, 5.41) is 20.8. The van der Waals surface area contributed by atoms with Crippen LogP contribution >= 0.6 is 0 Å². The standard InChI is InChI=1S/C13H13N5O3/c19-11(20)8-17-7-6-10(13(17)21)18-15-12(14-16-18)9-4-2-1-3-5-9/h1-5,10H,6-8H2,(H,19,20). The maximum atomic E-state index is 12.1. The van der Waals surface area contributed by atoms with Crippen LogP contribution in [-0.2, 0) is 9.59 Å². The van der Waals surface area contributed by atoms with Crippen molar-refractivity contribution in [2.45, 2.75) is 12.5 Å². The van der Waals surface area contributed by atoms with Gasteiger partial charge in [0.15, 0.2) is 6.04 Å². The van der Waals surface area contributed by atoms with Crippen LogP contribution in [0.25, 0.3) is 11.4 Å². The Kier molecular flexibility index (Phi) is 3.35. The van der Waals surface area contributed by atoms with Crippen LogP contribution < -0.4 is 0 Å². The van der Waals surface area contributed by atoms with E-state index in [4.69, 9.17) is 5.11 Å². The van der Waals surface area contributed by atoms with Gasteiger partial charge >= 0.3 is 5.97 Å². The van der Waals surface area contributed by atoms with Crippen LogP contribution in [0, 0.1) is 0 Å². The van der Waals surface area contributed by atoms with Crippen LogP contribution in [-0.4, -0.2) is 55.2 Å². The van der Waals surface area contributed by atoms with Gasteiger partial charge in [0.1, 0.15) is 6.54 Å². The summed E-state index contributed by atoms with van der Waals surface area (Å²) in [5.74, 6) is -0.866. The van der Waals surface area contributed by atoms with Gasteiger partial charge in [-0.15, -0.1) is 10.2 Å². The minimum atomic E-state index is -1.03. The number of tetrazole rings is 1. The van der Waals surface area contributed by atoms with Crippen molar-refractivity contribution in [1.29, 1.82) is 0 Å². The van der Waals surface area contributed by atoms with Gasteiger partial charge in [0.25, 0.3) is 0 Å². The van der Waals surface area contributed by atoms with E-state index in [1.165, 1.54) is 9.70 Å². The average molecular weight is 287 g/mol. The van der Waals surface area contributed by atoms with Gasteiger partial charge in [0, 0.05) is 12.1 Å². The van der Waals surface area contributed by atoms with E-state index in [2.05, 4.69) is 15.4 Å². The van der Waals surface area contributed by atoms with Gasteiger partial charge in [-0.1, -0.05) is 30.3 Å². The van der Waals surface area contributed by atoms with Crippen LogP contribution in [0.3, 0.4) is 0 Å². The van der Waals surface area contributed by atoms with E-state index in [0.717, 1.165) is 5.56 Å². The van der Waals surface area contributed by atoms with Crippen molar-refractivity contribution in [3.8, 4) is 11.4 Å². The third kappa shape index (κ3) is 2.60. The maximum Gasteiger partial charge on any atom is 0.323 e. The number of likely N-dealkylation sites (tertiary alicyclic amines) is 1. The highest BCUT2D eigenvalue weighted by Gasteiger charge is 2.35. The molecule has 1 N–H and O–H groups in total. The first-order chi connectivity index (χ1) is 10.1. The predicted molar refractivity (Wildman–Crippen MR) is 71.1 cm³/mol. The Morgan fingerprint density at radius 3 is 2.81 bits per heavy atom. The van der Waals surface area contributed by atoms with Gasteiger partial charge in [-0.3, -0.25) is 9.59 Å². The molecule has 0 spiro atoms. The summed E-state index contributed by atoms with van der Waals surface area (Å²) < 4.78 is 0. The van der Waals surface area contributed by atoms with E-state index in [0.29, 0.717) is 18.8 Å². The lowest BCUT2D eigenvalue weighted by Gasteiger charge is -2.12. The molecule has 1 aromatic heterocycles. The number of aliphatic carboxylic acids is 1. The smallest absolute Gasteiger partial charge is 0.323 e. The number of hydrogen-bond acceptors (Lipinski definition) is 5. The fraction of sp³-hybridized carbons (Fsp3) is 0.308. The Hall–Kier alpha value is -2.77. The van der Waals surface area contributed by atoms with Crippen LogP contribution in [0.1, 0.15) is 12.5 Å². The van der Waals surface area contributed by atoms with Crippen molar-refractivity contribution in [1.82, 2.24) is 25.1 Å². The van der Waals surface area contributed by atoms with Crippen molar-refractivity contribution >= 4 is 11.9 Å². The second-order valence-corrected chi connectivity index (χ2v) is 4.76. The monoisotopic (exact) mass is 287 g/mol. The average Bonchev–Trinajstić information content (AvgIpc) is 3.08. The zero-order chi connectivity index (χ0) is 14.8. The van der Waals surface area contributed by atoms with Crippen LogP contribution in [0.5, 0.6) is 0 Å². The number of nitrogens with zero attached hydrogens (tertiary/aromatic N) is 5. The molecule has 0 radical (unpaired) electrons. The maximum absolute atomic E-state index is 12.1. The highest BCUT2D eigenvalue weighted by Crippen LogP contribution is 2.22. The van der Waals surface area contributed by atoms with Gasteiger partial charge < -0.3 is 10.0 Å². The molecule has 108 valence electrons. The molecular formula is C13H13N5O3. The molecule has 2 heterocycles. The van der Waals surface area contributed by atoms with Crippen molar-refractivity contribution in [2.75, 3.05) is 13.1 Å². The fourth-order valence-corrected chi connectivity index (χ4v) is 2.32. The minimum Gasteiger partial charge on any atom is -0.480 e. The van der Waals surface area contributed by atoms with Gasteiger partial charge in [0.05, 0.1) is 0 Å². The first-order valence-corrected chi connectivity index (χ1v) is 6.50. The molecule has 0 saturated carbocycles. The summed E-state index contributed by atoms with van der Waals surface area (Å²) in [5.41, 5.74) is 0.816. The number of amides is 1. The zero-order valence-corrected chi connectivity index (χ0v) is 11.1. The summed E-state index contributed by atoms with van der Waals surface area (Å²) >= 11 is 0. The molecule has 1 atom stereocenters. The molecule has 8 nitrogen and oxygen atoms in total. The topological polar surface area (TPSA) is 101 Å².